The maximum Gasteiger partial charge on any atom is 0.422 e. The van der Waals surface area contributed by atoms with Crippen LogP contribution in [0, 0.1) is 0 Å². The molecule has 20 heavy (non-hydrogen) atoms. The molecule has 0 aliphatic carbocycles. The fourth-order valence-electron chi connectivity index (χ4n) is 1.79. The highest BCUT2D eigenvalue weighted by atomic mass is 32.2. The van der Waals surface area contributed by atoms with Gasteiger partial charge in [-0.1, -0.05) is 12.1 Å². The van der Waals surface area contributed by atoms with E-state index in [0.717, 1.165) is 23.5 Å². The number of nitrogens with zero attached hydrogens (tertiary/aromatic N) is 1. The Hall–Kier alpha value is -1.40. The van der Waals surface area contributed by atoms with Crippen LogP contribution in [0.4, 0.5) is 4.79 Å². The number of carbonyl (C=O) groups excluding carboxylic acids is 1. The molecule has 1 atom stereocenters. The second kappa shape index (κ2) is 5.93. The first-order valence-corrected chi connectivity index (χ1v) is 7.06. The molecule has 0 saturated carbocycles. The summed E-state index contributed by atoms with van der Waals surface area (Å²) >= 11 is 1.03. The molecule has 1 saturated heterocycles. The summed E-state index contributed by atoms with van der Waals surface area (Å²) in [6, 6.07) is 7.43. The van der Waals surface area contributed by atoms with Gasteiger partial charge in [-0.2, -0.15) is 0 Å². The SMILES string of the molecule is COc1ccc([C@H]2COSN2C(=O)OC(C)(C)C)cc1. The van der Waals surface area contributed by atoms with E-state index in [1.54, 1.807) is 7.11 Å². The van der Waals surface area contributed by atoms with Gasteiger partial charge in [0.1, 0.15) is 23.6 Å². The van der Waals surface area contributed by atoms with Crippen molar-refractivity contribution in [2.24, 2.45) is 0 Å². The normalized spacial score (nSPS) is 19.0. The third-order valence-corrected chi connectivity index (χ3v) is 3.52. The van der Waals surface area contributed by atoms with Crippen molar-refractivity contribution in [3.8, 4) is 5.75 Å². The Morgan fingerprint density at radius 3 is 2.55 bits per heavy atom. The minimum Gasteiger partial charge on any atom is -0.497 e. The maximum absolute atomic E-state index is 12.1. The summed E-state index contributed by atoms with van der Waals surface area (Å²) < 4.78 is 17.4. The van der Waals surface area contributed by atoms with Gasteiger partial charge in [0.15, 0.2) is 0 Å². The van der Waals surface area contributed by atoms with Crippen LogP contribution < -0.4 is 4.74 Å². The zero-order chi connectivity index (χ0) is 14.8. The molecule has 1 aliphatic heterocycles. The van der Waals surface area contributed by atoms with Crippen molar-refractivity contribution < 1.29 is 18.5 Å². The van der Waals surface area contributed by atoms with Crippen molar-refractivity contribution in [3.05, 3.63) is 29.8 Å². The molecule has 0 radical (unpaired) electrons. The number of methoxy groups -OCH3 is 1. The molecule has 1 fully saturated rings. The lowest BCUT2D eigenvalue weighted by molar-refractivity contribution is 0.0367. The summed E-state index contributed by atoms with van der Waals surface area (Å²) in [5.74, 6) is 0.782. The molecule has 0 N–H and O–H groups in total. The summed E-state index contributed by atoms with van der Waals surface area (Å²) in [7, 11) is 1.62. The lowest BCUT2D eigenvalue weighted by atomic mass is 10.1. The Balaban J connectivity index is 2.12. The molecule has 110 valence electrons. The van der Waals surface area contributed by atoms with Gasteiger partial charge in [-0.15, -0.1) is 0 Å². The van der Waals surface area contributed by atoms with Gasteiger partial charge < -0.3 is 9.47 Å². The van der Waals surface area contributed by atoms with Crippen LogP contribution in [-0.2, 0) is 8.92 Å². The van der Waals surface area contributed by atoms with Gasteiger partial charge in [-0.3, -0.25) is 4.18 Å². The van der Waals surface area contributed by atoms with Crippen molar-refractivity contribution in [1.82, 2.24) is 4.31 Å². The molecule has 0 aromatic heterocycles. The van der Waals surface area contributed by atoms with Crippen molar-refractivity contribution in [2.45, 2.75) is 32.4 Å². The number of amides is 1. The van der Waals surface area contributed by atoms with Gasteiger partial charge in [-0.05, 0) is 38.5 Å². The van der Waals surface area contributed by atoms with Crippen molar-refractivity contribution in [3.63, 3.8) is 0 Å². The van der Waals surface area contributed by atoms with Crippen LogP contribution in [0.1, 0.15) is 32.4 Å². The van der Waals surface area contributed by atoms with E-state index in [2.05, 4.69) is 0 Å². The summed E-state index contributed by atoms with van der Waals surface area (Å²) in [6.07, 6.45) is -0.388. The Kier molecular flexibility index (Phi) is 4.45. The highest BCUT2D eigenvalue weighted by molar-refractivity contribution is 7.93. The number of ether oxygens (including phenoxy) is 2. The van der Waals surface area contributed by atoms with Crippen LogP contribution in [0.2, 0.25) is 0 Å². The van der Waals surface area contributed by atoms with E-state index < -0.39 is 5.60 Å². The van der Waals surface area contributed by atoms with Crippen LogP contribution in [0.5, 0.6) is 5.75 Å². The number of hydrogen-bond donors (Lipinski definition) is 0. The number of benzene rings is 1. The summed E-state index contributed by atoms with van der Waals surface area (Å²) in [6.45, 7) is 5.97. The van der Waals surface area contributed by atoms with Gasteiger partial charge in [0.05, 0.1) is 19.8 Å². The third-order valence-electron chi connectivity index (χ3n) is 2.72. The zero-order valence-electron chi connectivity index (χ0n) is 12.1. The molecule has 1 aromatic rings. The quantitative estimate of drug-likeness (QED) is 0.617. The van der Waals surface area contributed by atoms with Crippen LogP contribution >= 0.6 is 12.2 Å². The summed E-state index contributed by atoms with van der Waals surface area (Å²) in [4.78, 5) is 12.1. The van der Waals surface area contributed by atoms with Gasteiger partial charge in [0.25, 0.3) is 0 Å². The second-order valence-corrected chi connectivity index (χ2v) is 6.23. The van der Waals surface area contributed by atoms with Crippen LogP contribution in [0.25, 0.3) is 0 Å². The molecule has 0 spiro atoms. The molecule has 0 unspecified atom stereocenters. The lowest BCUT2D eigenvalue weighted by Crippen LogP contribution is -2.33. The Bertz CT molecular complexity index is 469. The van der Waals surface area contributed by atoms with Gasteiger partial charge in [-0.25, -0.2) is 9.10 Å². The largest absolute Gasteiger partial charge is 0.497 e. The third kappa shape index (κ3) is 3.58. The highest BCUT2D eigenvalue weighted by Gasteiger charge is 2.35. The predicted octanol–water partition coefficient (Wildman–Crippen LogP) is 3.57. The van der Waals surface area contributed by atoms with E-state index in [1.807, 2.05) is 45.0 Å². The summed E-state index contributed by atoms with van der Waals surface area (Å²) in [5.41, 5.74) is 0.465. The second-order valence-electron chi connectivity index (χ2n) is 5.45. The van der Waals surface area contributed by atoms with Crippen LogP contribution in [0.15, 0.2) is 24.3 Å². The van der Waals surface area contributed by atoms with E-state index in [1.165, 1.54) is 4.31 Å². The van der Waals surface area contributed by atoms with Crippen molar-refractivity contribution >= 4 is 18.3 Å². The molecule has 1 amide bonds. The smallest absolute Gasteiger partial charge is 0.422 e. The predicted molar refractivity (Wildman–Crippen MR) is 77.4 cm³/mol. The Morgan fingerprint density at radius 1 is 1.35 bits per heavy atom. The average molecular weight is 297 g/mol. The molecular weight excluding hydrogens is 278 g/mol. The van der Waals surface area contributed by atoms with Crippen molar-refractivity contribution in [1.29, 1.82) is 0 Å². The van der Waals surface area contributed by atoms with E-state index in [9.17, 15) is 4.79 Å². The molecule has 1 aliphatic rings. The van der Waals surface area contributed by atoms with Crippen LogP contribution in [-0.4, -0.2) is 29.7 Å². The average Bonchev–Trinajstić information content (AvgIpc) is 2.86. The first-order valence-electron chi connectivity index (χ1n) is 6.36. The molecule has 5 nitrogen and oxygen atoms in total. The maximum atomic E-state index is 12.1. The van der Waals surface area contributed by atoms with Gasteiger partial charge in [0.2, 0.25) is 0 Å². The first-order chi connectivity index (χ1) is 9.40. The van der Waals surface area contributed by atoms with E-state index in [4.69, 9.17) is 13.7 Å². The van der Waals surface area contributed by atoms with E-state index >= 15 is 0 Å². The fraction of sp³-hybridized carbons (Fsp3) is 0.500. The molecule has 0 bridgehead atoms. The topological polar surface area (TPSA) is 48.0 Å². The number of rotatable bonds is 2. The molecule has 1 aromatic carbocycles. The van der Waals surface area contributed by atoms with Gasteiger partial charge in [0, 0.05) is 0 Å². The molecular formula is C14H19NO4S. The molecule has 6 heteroatoms. The minimum absolute atomic E-state index is 0.152. The molecule has 2 rings (SSSR count). The van der Waals surface area contributed by atoms with E-state index in [0.29, 0.717) is 6.61 Å². The lowest BCUT2D eigenvalue weighted by Gasteiger charge is -2.26. The number of carbonyl (C=O) groups is 1. The minimum atomic E-state index is -0.523. The number of hydrogen-bond acceptors (Lipinski definition) is 5. The standard InChI is InChI=1S/C14H19NO4S/c1-14(2,3)19-13(16)15-12(9-18-20-15)10-5-7-11(17-4)8-6-10/h5-8,12H,9H2,1-4H3/t12-/m1/s1. The summed E-state index contributed by atoms with van der Waals surface area (Å²) in [5, 5.41) is 0. The first kappa shape index (κ1) is 15.0. The fourth-order valence-corrected chi connectivity index (χ4v) is 2.48. The molecule has 1 heterocycles. The highest BCUT2D eigenvalue weighted by Crippen LogP contribution is 2.37. The Morgan fingerprint density at radius 2 is 2.00 bits per heavy atom. The monoisotopic (exact) mass is 297 g/mol. The van der Waals surface area contributed by atoms with Crippen LogP contribution in [0.3, 0.4) is 0 Å². The zero-order valence-corrected chi connectivity index (χ0v) is 12.9. The van der Waals surface area contributed by atoms with E-state index in [-0.39, 0.29) is 12.1 Å². The Labute approximate surface area is 123 Å². The van der Waals surface area contributed by atoms with Crippen molar-refractivity contribution in [2.75, 3.05) is 13.7 Å². The van der Waals surface area contributed by atoms with Gasteiger partial charge >= 0.3 is 6.09 Å².